The minimum atomic E-state index is -3.03. The second-order valence-electron chi connectivity index (χ2n) is 8.00. The maximum absolute atomic E-state index is 13.4. The molecule has 1 fully saturated rings. The van der Waals surface area contributed by atoms with E-state index < -0.39 is 9.84 Å². The number of benzene rings is 1. The molecule has 1 saturated heterocycles. The van der Waals surface area contributed by atoms with E-state index in [0.29, 0.717) is 42.3 Å². The summed E-state index contributed by atoms with van der Waals surface area (Å²) in [6.07, 6.45) is 1.27. The highest BCUT2D eigenvalue weighted by Crippen LogP contribution is 2.34. The normalized spacial score (nSPS) is 20.1. The number of hydrogen-bond acceptors (Lipinski definition) is 6. The van der Waals surface area contributed by atoms with Crippen LogP contribution in [0.25, 0.3) is 0 Å². The van der Waals surface area contributed by atoms with Crippen LogP contribution < -0.4 is 9.47 Å². The SMILES string of the molecule is COc1cc2c(cc1OC)CN(C(=O)c1c(C)nn([C@H]3CCS(=O)(=O)C3)c1C)CC2. The number of carbonyl (C=O) groups is 1. The number of carbonyl (C=O) groups excluding carboxylic acids is 1. The summed E-state index contributed by atoms with van der Waals surface area (Å²) in [7, 11) is 0.182. The van der Waals surface area contributed by atoms with Crippen LogP contribution >= 0.6 is 0 Å². The molecule has 0 saturated carbocycles. The van der Waals surface area contributed by atoms with Crippen molar-refractivity contribution >= 4 is 15.7 Å². The van der Waals surface area contributed by atoms with Crippen molar-refractivity contribution in [2.24, 2.45) is 0 Å². The van der Waals surface area contributed by atoms with Crippen LogP contribution in [0.3, 0.4) is 0 Å². The lowest BCUT2D eigenvalue weighted by Crippen LogP contribution is -2.36. The second-order valence-corrected chi connectivity index (χ2v) is 10.2. The van der Waals surface area contributed by atoms with Crippen molar-refractivity contribution < 1.29 is 22.7 Å². The van der Waals surface area contributed by atoms with Crippen LogP contribution in [0.5, 0.6) is 11.5 Å². The molecule has 30 heavy (non-hydrogen) atoms. The van der Waals surface area contributed by atoms with E-state index in [9.17, 15) is 13.2 Å². The summed E-state index contributed by atoms with van der Waals surface area (Å²) in [6, 6.07) is 3.71. The first-order chi connectivity index (χ1) is 14.2. The number of ether oxygens (including phenoxy) is 2. The number of aryl methyl sites for hydroxylation is 1. The number of hydrogen-bond donors (Lipinski definition) is 0. The van der Waals surface area contributed by atoms with Crippen molar-refractivity contribution in [1.82, 2.24) is 14.7 Å². The smallest absolute Gasteiger partial charge is 0.257 e. The van der Waals surface area contributed by atoms with E-state index >= 15 is 0 Å². The van der Waals surface area contributed by atoms with E-state index in [1.54, 1.807) is 18.9 Å². The van der Waals surface area contributed by atoms with Crippen LogP contribution in [0.2, 0.25) is 0 Å². The Kier molecular flexibility index (Phi) is 5.25. The number of sulfone groups is 1. The van der Waals surface area contributed by atoms with Crippen molar-refractivity contribution in [3.8, 4) is 11.5 Å². The van der Waals surface area contributed by atoms with Gasteiger partial charge in [-0.3, -0.25) is 9.48 Å². The number of methoxy groups -OCH3 is 2. The third-order valence-electron chi connectivity index (χ3n) is 6.10. The first kappa shape index (κ1) is 20.7. The summed E-state index contributed by atoms with van der Waals surface area (Å²) in [4.78, 5) is 15.2. The van der Waals surface area contributed by atoms with E-state index in [2.05, 4.69) is 5.10 Å². The summed E-state index contributed by atoms with van der Waals surface area (Å²) in [5, 5.41) is 4.54. The highest BCUT2D eigenvalue weighted by atomic mass is 32.2. The van der Waals surface area contributed by atoms with Gasteiger partial charge in [-0.2, -0.15) is 5.10 Å². The molecule has 9 heteroatoms. The van der Waals surface area contributed by atoms with Gasteiger partial charge < -0.3 is 14.4 Å². The Bertz CT molecular complexity index is 1110. The van der Waals surface area contributed by atoms with Gasteiger partial charge in [-0.25, -0.2) is 8.42 Å². The van der Waals surface area contributed by atoms with Gasteiger partial charge in [0.05, 0.1) is 43.0 Å². The molecule has 0 unspecified atom stereocenters. The van der Waals surface area contributed by atoms with E-state index in [0.717, 1.165) is 23.2 Å². The standard InChI is InChI=1S/C21H27N3O5S/c1-13-20(14(2)24(22-13)17-6-8-30(26,27)12-17)21(25)23-7-5-15-9-18(28-3)19(29-4)10-16(15)11-23/h9-10,17H,5-8,11-12H2,1-4H3/t17-/m0/s1. The molecular formula is C21H27N3O5S. The molecule has 2 aromatic rings. The summed E-state index contributed by atoms with van der Waals surface area (Å²) < 4.78 is 36.3. The molecule has 3 heterocycles. The fraction of sp³-hybridized carbons (Fsp3) is 0.524. The Morgan fingerprint density at radius 2 is 1.80 bits per heavy atom. The number of nitrogens with zero attached hydrogens (tertiary/aromatic N) is 3. The lowest BCUT2D eigenvalue weighted by Gasteiger charge is -2.30. The molecule has 1 aromatic carbocycles. The zero-order chi connectivity index (χ0) is 21.6. The predicted octanol–water partition coefficient (Wildman–Crippen LogP) is 2.08. The quantitative estimate of drug-likeness (QED) is 0.733. The van der Waals surface area contributed by atoms with Crippen LogP contribution in [0.4, 0.5) is 0 Å². The zero-order valence-corrected chi connectivity index (χ0v) is 18.6. The van der Waals surface area contributed by atoms with Gasteiger partial charge in [0.1, 0.15) is 0 Å². The van der Waals surface area contributed by atoms with Gasteiger partial charge >= 0.3 is 0 Å². The van der Waals surface area contributed by atoms with Gasteiger partial charge in [0.15, 0.2) is 21.3 Å². The molecule has 162 valence electrons. The maximum atomic E-state index is 13.4. The van der Waals surface area contributed by atoms with Crippen molar-refractivity contribution in [2.45, 2.75) is 39.3 Å². The first-order valence-corrected chi connectivity index (χ1v) is 11.9. The average molecular weight is 434 g/mol. The number of aromatic nitrogens is 2. The zero-order valence-electron chi connectivity index (χ0n) is 17.8. The number of amides is 1. The Morgan fingerprint density at radius 1 is 1.13 bits per heavy atom. The molecule has 2 aliphatic rings. The molecule has 1 atom stereocenters. The number of fused-ring (bicyclic) bond motifs is 1. The summed E-state index contributed by atoms with van der Waals surface area (Å²) in [5.41, 5.74) is 4.13. The summed E-state index contributed by atoms with van der Waals surface area (Å²) >= 11 is 0. The monoisotopic (exact) mass is 433 g/mol. The molecular weight excluding hydrogens is 406 g/mol. The van der Waals surface area contributed by atoms with Crippen molar-refractivity contribution in [3.63, 3.8) is 0 Å². The van der Waals surface area contributed by atoms with Crippen molar-refractivity contribution in [1.29, 1.82) is 0 Å². The maximum Gasteiger partial charge on any atom is 0.257 e. The van der Waals surface area contributed by atoms with Crippen LogP contribution in [0.1, 0.15) is 45.3 Å². The van der Waals surface area contributed by atoms with Crippen LogP contribution in [-0.4, -0.2) is 61.3 Å². The third-order valence-corrected chi connectivity index (χ3v) is 7.85. The molecule has 0 bridgehead atoms. The highest BCUT2D eigenvalue weighted by Gasteiger charge is 2.34. The molecule has 0 N–H and O–H groups in total. The van der Waals surface area contributed by atoms with Crippen LogP contribution in [0.15, 0.2) is 12.1 Å². The molecule has 4 rings (SSSR count). The van der Waals surface area contributed by atoms with Crippen molar-refractivity contribution in [2.75, 3.05) is 32.3 Å². The Balaban J connectivity index is 1.60. The topological polar surface area (TPSA) is 90.7 Å². The van der Waals surface area contributed by atoms with E-state index in [1.807, 2.05) is 30.9 Å². The van der Waals surface area contributed by atoms with Gasteiger partial charge in [-0.15, -0.1) is 0 Å². The predicted molar refractivity (Wildman–Crippen MR) is 112 cm³/mol. The van der Waals surface area contributed by atoms with Gasteiger partial charge in [0, 0.05) is 18.8 Å². The van der Waals surface area contributed by atoms with Gasteiger partial charge in [0.2, 0.25) is 0 Å². The third kappa shape index (κ3) is 3.55. The van der Waals surface area contributed by atoms with Gasteiger partial charge in [0.25, 0.3) is 5.91 Å². The molecule has 8 nitrogen and oxygen atoms in total. The molecule has 0 spiro atoms. The Labute approximate surface area is 176 Å². The second kappa shape index (κ2) is 7.61. The van der Waals surface area contributed by atoms with E-state index in [4.69, 9.17) is 9.47 Å². The number of rotatable bonds is 4. The first-order valence-electron chi connectivity index (χ1n) is 10.0. The minimum absolute atomic E-state index is 0.0717. The van der Waals surface area contributed by atoms with Gasteiger partial charge in [-0.1, -0.05) is 0 Å². The minimum Gasteiger partial charge on any atom is -0.493 e. The lowest BCUT2D eigenvalue weighted by atomic mass is 9.98. The van der Waals surface area contributed by atoms with Gasteiger partial charge in [-0.05, 0) is 49.9 Å². The molecule has 2 aliphatic heterocycles. The van der Waals surface area contributed by atoms with Crippen LogP contribution in [-0.2, 0) is 22.8 Å². The molecule has 1 aromatic heterocycles. The summed E-state index contributed by atoms with van der Waals surface area (Å²) in [5.74, 6) is 1.52. The van der Waals surface area contributed by atoms with Crippen LogP contribution in [0, 0.1) is 13.8 Å². The average Bonchev–Trinajstić information content (AvgIpc) is 3.23. The summed E-state index contributed by atoms with van der Waals surface area (Å²) in [6.45, 7) is 4.75. The Morgan fingerprint density at radius 3 is 2.40 bits per heavy atom. The fourth-order valence-corrected chi connectivity index (χ4v) is 6.20. The Hall–Kier alpha value is -2.55. The fourth-order valence-electron chi connectivity index (χ4n) is 4.51. The van der Waals surface area contributed by atoms with E-state index in [1.165, 1.54) is 0 Å². The highest BCUT2D eigenvalue weighted by molar-refractivity contribution is 7.91. The molecule has 1 amide bonds. The van der Waals surface area contributed by atoms with Crippen molar-refractivity contribution in [3.05, 3.63) is 40.2 Å². The largest absolute Gasteiger partial charge is 0.493 e. The van der Waals surface area contributed by atoms with E-state index in [-0.39, 0.29) is 23.5 Å². The lowest BCUT2D eigenvalue weighted by molar-refractivity contribution is 0.0732. The molecule has 0 radical (unpaired) electrons. The molecule has 0 aliphatic carbocycles.